The van der Waals surface area contributed by atoms with Crippen LogP contribution in [-0.2, 0) is 6.18 Å². The van der Waals surface area contributed by atoms with E-state index in [2.05, 4.69) is 20.9 Å². The summed E-state index contributed by atoms with van der Waals surface area (Å²) in [4.78, 5) is 3.13. The molecule has 1 heterocycles. The van der Waals surface area contributed by atoms with Gasteiger partial charge in [-0.1, -0.05) is 0 Å². The molecule has 0 aliphatic heterocycles. The molecule has 2 nitrogen and oxygen atoms in total. The van der Waals surface area contributed by atoms with Crippen LogP contribution in [0.4, 0.5) is 22.0 Å². The Hall–Kier alpha value is -1.23. The Balaban J connectivity index is 3.47. The standard InChI is InChI=1S/C8H2BrF5N2/c9-6-4(8(12,13)14)1-3(7(10)11)5(2-15)16-6/h1,7H. The van der Waals surface area contributed by atoms with Crippen LogP contribution in [-0.4, -0.2) is 4.98 Å². The number of nitriles is 1. The van der Waals surface area contributed by atoms with Crippen LogP contribution in [0.1, 0.15) is 23.2 Å². The number of halogens is 6. The summed E-state index contributed by atoms with van der Waals surface area (Å²) in [6, 6.07) is 1.53. The first kappa shape index (κ1) is 12.8. The number of hydrogen-bond donors (Lipinski definition) is 0. The van der Waals surface area contributed by atoms with E-state index < -0.39 is 34.0 Å². The van der Waals surface area contributed by atoms with Crippen LogP contribution in [0, 0.1) is 11.3 Å². The van der Waals surface area contributed by atoms with Crippen molar-refractivity contribution in [1.29, 1.82) is 5.26 Å². The van der Waals surface area contributed by atoms with E-state index >= 15 is 0 Å². The maximum Gasteiger partial charge on any atom is 0.419 e. The fourth-order valence-electron chi connectivity index (χ4n) is 0.961. The number of alkyl halides is 5. The summed E-state index contributed by atoms with van der Waals surface area (Å²) in [5.41, 5.74) is -3.09. The molecule has 1 aromatic rings. The van der Waals surface area contributed by atoms with Crippen molar-refractivity contribution >= 4 is 15.9 Å². The van der Waals surface area contributed by atoms with Gasteiger partial charge in [0.05, 0.1) is 11.1 Å². The third kappa shape index (κ3) is 2.47. The molecular formula is C8H2BrF5N2. The average molecular weight is 301 g/mol. The van der Waals surface area contributed by atoms with Crippen LogP contribution < -0.4 is 0 Å². The van der Waals surface area contributed by atoms with Crippen molar-refractivity contribution in [2.75, 3.05) is 0 Å². The van der Waals surface area contributed by atoms with Gasteiger partial charge in [0.1, 0.15) is 10.7 Å². The molecule has 16 heavy (non-hydrogen) atoms. The lowest BCUT2D eigenvalue weighted by atomic mass is 10.1. The molecule has 0 N–H and O–H groups in total. The van der Waals surface area contributed by atoms with Gasteiger partial charge in [-0.15, -0.1) is 0 Å². The Bertz CT molecular complexity index is 448. The van der Waals surface area contributed by atoms with E-state index in [9.17, 15) is 22.0 Å². The van der Waals surface area contributed by atoms with Crippen molar-refractivity contribution in [2.24, 2.45) is 0 Å². The van der Waals surface area contributed by atoms with Crippen molar-refractivity contribution in [1.82, 2.24) is 4.98 Å². The first-order valence-electron chi connectivity index (χ1n) is 3.73. The Labute approximate surface area is 94.8 Å². The zero-order chi connectivity index (χ0) is 12.5. The van der Waals surface area contributed by atoms with E-state index in [0.717, 1.165) is 0 Å². The number of nitrogens with zero attached hydrogens (tertiary/aromatic N) is 2. The predicted molar refractivity (Wildman–Crippen MR) is 46.6 cm³/mol. The molecule has 0 aliphatic carbocycles. The molecule has 0 saturated heterocycles. The van der Waals surface area contributed by atoms with Crippen molar-refractivity contribution < 1.29 is 22.0 Å². The Morgan fingerprint density at radius 1 is 1.38 bits per heavy atom. The SMILES string of the molecule is N#Cc1nc(Br)c(C(F)(F)F)cc1C(F)F. The van der Waals surface area contributed by atoms with Crippen molar-refractivity contribution in [3.63, 3.8) is 0 Å². The molecule has 0 fully saturated rings. The summed E-state index contributed by atoms with van der Waals surface area (Å²) in [6.45, 7) is 0. The van der Waals surface area contributed by atoms with Gasteiger partial charge < -0.3 is 0 Å². The van der Waals surface area contributed by atoms with Gasteiger partial charge in [0.15, 0.2) is 5.69 Å². The summed E-state index contributed by atoms with van der Waals surface area (Å²) < 4.78 is 61.0. The fraction of sp³-hybridized carbons (Fsp3) is 0.250. The van der Waals surface area contributed by atoms with Gasteiger partial charge in [0, 0.05) is 0 Å². The Morgan fingerprint density at radius 3 is 2.31 bits per heavy atom. The summed E-state index contributed by atoms with van der Waals surface area (Å²) in [6.07, 6.45) is -7.99. The molecule has 0 atom stereocenters. The van der Waals surface area contributed by atoms with E-state index in [-0.39, 0.29) is 6.07 Å². The van der Waals surface area contributed by atoms with Crippen LogP contribution in [0.2, 0.25) is 0 Å². The molecule has 0 saturated carbocycles. The summed E-state index contributed by atoms with van der Waals surface area (Å²) in [5.74, 6) is 0. The number of rotatable bonds is 1. The highest BCUT2D eigenvalue weighted by atomic mass is 79.9. The van der Waals surface area contributed by atoms with E-state index in [1.807, 2.05) is 0 Å². The molecule has 1 rings (SSSR count). The minimum atomic E-state index is -4.80. The summed E-state index contributed by atoms with van der Waals surface area (Å²) in [7, 11) is 0. The largest absolute Gasteiger partial charge is 0.419 e. The van der Waals surface area contributed by atoms with Gasteiger partial charge >= 0.3 is 6.18 Å². The lowest BCUT2D eigenvalue weighted by Gasteiger charge is -2.11. The lowest BCUT2D eigenvalue weighted by Crippen LogP contribution is -2.10. The monoisotopic (exact) mass is 300 g/mol. The van der Waals surface area contributed by atoms with Gasteiger partial charge in [-0.25, -0.2) is 13.8 Å². The van der Waals surface area contributed by atoms with Crippen LogP contribution in [0.25, 0.3) is 0 Å². The molecule has 0 amide bonds. The number of pyridine rings is 1. The molecule has 0 unspecified atom stereocenters. The minimum Gasteiger partial charge on any atom is -0.229 e. The van der Waals surface area contributed by atoms with Crippen LogP contribution >= 0.6 is 15.9 Å². The van der Waals surface area contributed by atoms with Crippen molar-refractivity contribution in [3.05, 3.63) is 27.5 Å². The molecule has 0 spiro atoms. The summed E-state index contributed by atoms with van der Waals surface area (Å²) in [5, 5.41) is 8.44. The normalized spacial score (nSPS) is 11.6. The molecule has 86 valence electrons. The van der Waals surface area contributed by atoms with Crippen LogP contribution in [0.3, 0.4) is 0 Å². The second-order valence-electron chi connectivity index (χ2n) is 2.67. The molecule has 0 bridgehead atoms. The third-order valence-corrected chi connectivity index (χ3v) is 2.26. The molecule has 1 aromatic heterocycles. The maximum atomic E-state index is 12.3. The van der Waals surface area contributed by atoms with Gasteiger partial charge in [-0.2, -0.15) is 18.4 Å². The number of hydrogen-bond acceptors (Lipinski definition) is 2. The van der Waals surface area contributed by atoms with Gasteiger partial charge in [-0.05, 0) is 22.0 Å². The van der Waals surface area contributed by atoms with E-state index in [1.165, 1.54) is 6.07 Å². The second-order valence-corrected chi connectivity index (χ2v) is 3.43. The molecule has 0 radical (unpaired) electrons. The summed E-state index contributed by atoms with van der Waals surface area (Å²) >= 11 is 2.48. The highest BCUT2D eigenvalue weighted by Crippen LogP contribution is 2.36. The van der Waals surface area contributed by atoms with Gasteiger partial charge in [0.25, 0.3) is 6.43 Å². The fourth-order valence-corrected chi connectivity index (χ4v) is 1.48. The molecule has 8 heteroatoms. The van der Waals surface area contributed by atoms with E-state index in [0.29, 0.717) is 0 Å². The first-order chi connectivity index (χ1) is 7.27. The topological polar surface area (TPSA) is 36.7 Å². The molecule has 0 aliphatic rings. The Morgan fingerprint density at radius 2 is 1.94 bits per heavy atom. The van der Waals surface area contributed by atoms with Crippen LogP contribution in [0.15, 0.2) is 10.7 Å². The second kappa shape index (κ2) is 4.33. The first-order valence-corrected chi connectivity index (χ1v) is 4.52. The van der Waals surface area contributed by atoms with Gasteiger partial charge in [0.2, 0.25) is 0 Å². The number of aromatic nitrogens is 1. The van der Waals surface area contributed by atoms with Gasteiger partial charge in [-0.3, -0.25) is 0 Å². The lowest BCUT2D eigenvalue weighted by molar-refractivity contribution is -0.138. The van der Waals surface area contributed by atoms with Crippen LogP contribution in [0.5, 0.6) is 0 Å². The van der Waals surface area contributed by atoms with Crippen molar-refractivity contribution in [3.8, 4) is 6.07 Å². The highest BCUT2D eigenvalue weighted by molar-refractivity contribution is 9.10. The molecule has 0 aromatic carbocycles. The smallest absolute Gasteiger partial charge is 0.229 e. The Kier molecular flexibility index (Phi) is 3.48. The zero-order valence-corrected chi connectivity index (χ0v) is 8.90. The highest BCUT2D eigenvalue weighted by Gasteiger charge is 2.35. The van der Waals surface area contributed by atoms with E-state index in [4.69, 9.17) is 5.26 Å². The third-order valence-electron chi connectivity index (χ3n) is 1.65. The maximum absolute atomic E-state index is 12.3. The quantitative estimate of drug-likeness (QED) is 0.586. The van der Waals surface area contributed by atoms with Crippen molar-refractivity contribution in [2.45, 2.75) is 12.6 Å². The minimum absolute atomic E-state index is 0.223. The average Bonchev–Trinajstić information content (AvgIpc) is 2.14. The van der Waals surface area contributed by atoms with E-state index in [1.54, 1.807) is 0 Å². The zero-order valence-electron chi connectivity index (χ0n) is 7.32. The predicted octanol–water partition coefficient (Wildman–Crippen LogP) is 3.67. The molecular weight excluding hydrogens is 299 g/mol.